The summed E-state index contributed by atoms with van der Waals surface area (Å²) in [4.78, 5) is 46.1. The van der Waals surface area contributed by atoms with Crippen LogP contribution >= 0.6 is 0 Å². The van der Waals surface area contributed by atoms with E-state index in [1.165, 1.54) is 0 Å². The molecule has 0 aromatic heterocycles. The molecule has 0 heterocycles. The number of nitro groups is 1. The van der Waals surface area contributed by atoms with Crippen molar-refractivity contribution in [3.63, 3.8) is 0 Å². The van der Waals surface area contributed by atoms with Crippen molar-refractivity contribution in [3.05, 3.63) is 33.9 Å². The highest BCUT2D eigenvalue weighted by Gasteiger charge is 2.42. The second-order valence-electron chi connectivity index (χ2n) is 7.54. The van der Waals surface area contributed by atoms with E-state index >= 15 is 0 Å². The topological polar surface area (TPSA) is 116 Å². The number of Topliss-reactive ketones (excluding diaryl/α,β-unsaturated/α-hetero) is 1. The normalized spacial score (nSPS) is 23.6. The van der Waals surface area contributed by atoms with Crippen LogP contribution in [0.4, 0.5) is 24.5 Å². The molecule has 1 N–H and O–H groups in total. The standard InChI is InChI=1S/C19H19F3N2O6/c20-19(21,22)14-8-13(24(28)29)4-5-15(14)23-16(25)9-30-18(27)12-6-10-2-1-3-11(7-12)17(10)26/h4-5,8,10-12H,1-3,6-7,9H2,(H,23,25). The number of hydrogen-bond donors (Lipinski definition) is 1. The van der Waals surface area contributed by atoms with Gasteiger partial charge in [-0.05, 0) is 31.7 Å². The third kappa shape index (κ3) is 4.77. The number of carbonyl (C=O) groups is 3. The molecule has 1 aromatic rings. The molecule has 0 radical (unpaired) electrons. The number of ether oxygens (including phenoxy) is 1. The van der Waals surface area contributed by atoms with E-state index in [9.17, 15) is 37.7 Å². The Hall–Kier alpha value is -2.98. The van der Waals surface area contributed by atoms with Crippen LogP contribution in [0, 0.1) is 27.9 Å². The number of hydrogen-bond acceptors (Lipinski definition) is 6. The van der Waals surface area contributed by atoms with Gasteiger partial charge in [-0.25, -0.2) is 0 Å². The van der Waals surface area contributed by atoms with E-state index in [0.717, 1.165) is 31.4 Å². The number of non-ortho nitro benzene ring substituents is 1. The predicted molar refractivity (Wildman–Crippen MR) is 96.2 cm³/mol. The highest BCUT2D eigenvalue weighted by Crippen LogP contribution is 2.40. The zero-order valence-electron chi connectivity index (χ0n) is 15.7. The minimum Gasteiger partial charge on any atom is -0.455 e. The SMILES string of the molecule is O=C(COC(=O)C1CC2CCCC(C1)C2=O)Nc1ccc([N+](=O)[O-])cc1C(F)(F)F. The fourth-order valence-corrected chi connectivity index (χ4v) is 4.10. The Morgan fingerprint density at radius 3 is 2.40 bits per heavy atom. The molecule has 2 saturated carbocycles. The Balaban J connectivity index is 1.60. The van der Waals surface area contributed by atoms with Crippen molar-refractivity contribution >= 4 is 29.0 Å². The third-order valence-electron chi connectivity index (χ3n) is 5.52. The van der Waals surface area contributed by atoms with Crippen molar-refractivity contribution in [3.8, 4) is 0 Å². The van der Waals surface area contributed by atoms with Crippen molar-refractivity contribution < 1.29 is 37.2 Å². The molecule has 2 aliphatic rings. The van der Waals surface area contributed by atoms with Gasteiger partial charge >= 0.3 is 12.1 Å². The molecular weight excluding hydrogens is 409 g/mol. The van der Waals surface area contributed by atoms with Crippen LogP contribution in [0.25, 0.3) is 0 Å². The summed E-state index contributed by atoms with van der Waals surface area (Å²) >= 11 is 0. The molecule has 8 nitrogen and oxygen atoms in total. The van der Waals surface area contributed by atoms with Crippen molar-refractivity contribution in [1.82, 2.24) is 0 Å². The molecule has 2 atom stereocenters. The fraction of sp³-hybridized carbons (Fsp3) is 0.526. The van der Waals surface area contributed by atoms with Crippen LogP contribution in [0.15, 0.2) is 18.2 Å². The molecule has 2 bridgehead atoms. The van der Waals surface area contributed by atoms with Crippen molar-refractivity contribution in [1.29, 1.82) is 0 Å². The minimum atomic E-state index is -4.93. The lowest BCUT2D eigenvalue weighted by atomic mass is 9.67. The maximum absolute atomic E-state index is 13.2. The Bertz CT molecular complexity index is 870. The van der Waals surface area contributed by atoms with Crippen molar-refractivity contribution in [2.75, 3.05) is 11.9 Å². The van der Waals surface area contributed by atoms with Crippen LogP contribution < -0.4 is 5.32 Å². The van der Waals surface area contributed by atoms with E-state index < -0.39 is 52.4 Å². The van der Waals surface area contributed by atoms with Gasteiger partial charge in [0, 0.05) is 24.0 Å². The molecule has 2 fully saturated rings. The molecule has 0 saturated heterocycles. The van der Waals surface area contributed by atoms with Crippen LogP contribution in [-0.2, 0) is 25.3 Å². The summed E-state index contributed by atoms with van der Waals surface area (Å²) in [5.74, 6) is -2.38. The average Bonchev–Trinajstić information content (AvgIpc) is 2.65. The lowest BCUT2D eigenvalue weighted by Gasteiger charge is -2.36. The zero-order valence-corrected chi connectivity index (χ0v) is 15.7. The van der Waals surface area contributed by atoms with Gasteiger partial charge in [0.2, 0.25) is 0 Å². The molecule has 3 rings (SSSR count). The minimum absolute atomic E-state index is 0.167. The highest BCUT2D eigenvalue weighted by atomic mass is 19.4. The summed E-state index contributed by atoms with van der Waals surface area (Å²) in [6.45, 7) is -0.799. The van der Waals surface area contributed by atoms with Gasteiger partial charge in [0.25, 0.3) is 11.6 Å². The van der Waals surface area contributed by atoms with E-state index in [0.29, 0.717) is 18.9 Å². The third-order valence-corrected chi connectivity index (χ3v) is 5.52. The summed E-state index contributed by atoms with van der Waals surface area (Å²) < 4.78 is 44.4. The molecule has 30 heavy (non-hydrogen) atoms. The number of nitrogens with one attached hydrogen (secondary N) is 1. The van der Waals surface area contributed by atoms with Gasteiger partial charge in [-0.3, -0.25) is 24.5 Å². The van der Waals surface area contributed by atoms with Gasteiger partial charge in [-0.1, -0.05) is 6.42 Å². The van der Waals surface area contributed by atoms with Crippen LogP contribution in [0.1, 0.15) is 37.7 Å². The number of halogens is 3. The first-order valence-electron chi connectivity index (χ1n) is 9.42. The van der Waals surface area contributed by atoms with E-state index in [1.807, 2.05) is 5.32 Å². The summed E-state index contributed by atoms with van der Waals surface area (Å²) in [6.07, 6.45) is -1.84. The number of nitro benzene ring substituents is 1. The number of amides is 1. The molecule has 0 aliphatic heterocycles. The summed E-state index contributed by atoms with van der Waals surface area (Å²) in [6, 6.07) is 1.92. The fourth-order valence-electron chi connectivity index (χ4n) is 4.10. The number of anilines is 1. The monoisotopic (exact) mass is 428 g/mol. The smallest absolute Gasteiger partial charge is 0.418 e. The molecular formula is C19H19F3N2O6. The molecule has 1 amide bonds. The number of esters is 1. The van der Waals surface area contributed by atoms with E-state index in [-0.39, 0.29) is 17.6 Å². The molecule has 1 aromatic carbocycles. The number of alkyl halides is 3. The van der Waals surface area contributed by atoms with Crippen LogP contribution in [0.3, 0.4) is 0 Å². The van der Waals surface area contributed by atoms with Gasteiger partial charge in [-0.2, -0.15) is 13.2 Å². The van der Waals surface area contributed by atoms with Crippen molar-refractivity contribution in [2.45, 2.75) is 38.3 Å². The first-order valence-corrected chi connectivity index (χ1v) is 9.42. The Morgan fingerprint density at radius 1 is 1.20 bits per heavy atom. The molecule has 0 spiro atoms. The van der Waals surface area contributed by atoms with Crippen molar-refractivity contribution in [2.24, 2.45) is 17.8 Å². The quantitative estimate of drug-likeness (QED) is 0.436. The van der Waals surface area contributed by atoms with Crippen LogP contribution in [0.5, 0.6) is 0 Å². The van der Waals surface area contributed by atoms with Gasteiger partial charge < -0.3 is 10.1 Å². The number of carbonyl (C=O) groups excluding carboxylic acids is 3. The molecule has 11 heteroatoms. The van der Waals surface area contributed by atoms with Gasteiger partial charge in [0.15, 0.2) is 6.61 Å². The van der Waals surface area contributed by atoms with Gasteiger partial charge in [-0.15, -0.1) is 0 Å². The first kappa shape index (κ1) is 21.7. The van der Waals surface area contributed by atoms with E-state index in [2.05, 4.69) is 0 Å². The first-order chi connectivity index (χ1) is 14.1. The second kappa shape index (κ2) is 8.41. The predicted octanol–water partition coefficient (Wildman–Crippen LogP) is 3.49. The van der Waals surface area contributed by atoms with Crippen LogP contribution in [-0.4, -0.2) is 29.2 Å². The number of ketones is 1. The Morgan fingerprint density at radius 2 is 1.83 bits per heavy atom. The second-order valence-corrected chi connectivity index (χ2v) is 7.54. The maximum atomic E-state index is 13.2. The van der Waals surface area contributed by atoms with E-state index in [1.54, 1.807) is 0 Å². The molecule has 2 aliphatic carbocycles. The van der Waals surface area contributed by atoms with Gasteiger partial charge in [0.05, 0.1) is 22.1 Å². The number of benzene rings is 1. The zero-order chi connectivity index (χ0) is 22.1. The van der Waals surface area contributed by atoms with Gasteiger partial charge in [0.1, 0.15) is 5.78 Å². The number of fused-ring (bicyclic) bond motifs is 2. The Labute approximate surface area is 168 Å². The maximum Gasteiger partial charge on any atom is 0.418 e. The lowest BCUT2D eigenvalue weighted by Crippen LogP contribution is -2.40. The summed E-state index contributed by atoms with van der Waals surface area (Å²) in [5.41, 5.74) is -2.83. The number of rotatable bonds is 5. The molecule has 2 unspecified atom stereocenters. The lowest BCUT2D eigenvalue weighted by molar-refractivity contribution is -0.385. The Kier molecular flexibility index (Phi) is 6.09. The summed E-state index contributed by atoms with van der Waals surface area (Å²) in [5, 5.41) is 12.7. The molecule has 162 valence electrons. The van der Waals surface area contributed by atoms with Crippen LogP contribution in [0.2, 0.25) is 0 Å². The largest absolute Gasteiger partial charge is 0.455 e. The number of nitrogens with zero attached hydrogens (tertiary/aromatic N) is 1. The average molecular weight is 428 g/mol. The summed E-state index contributed by atoms with van der Waals surface area (Å²) in [7, 11) is 0. The van der Waals surface area contributed by atoms with E-state index in [4.69, 9.17) is 4.74 Å². The highest BCUT2D eigenvalue weighted by molar-refractivity contribution is 5.94.